The Kier molecular flexibility index (Phi) is 5.97. The van der Waals surface area contributed by atoms with Gasteiger partial charge in [-0.1, -0.05) is 12.1 Å². The number of hydrogen-bond acceptors (Lipinski definition) is 6. The van der Waals surface area contributed by atoms with Crippen LogP contribution in [0.25, 0.3) is 0 Å². The first-order valence-corrected chi connectivity index (χ1v) is 15.9. The van der Waals surface area contributed by atoms with Crippen LogP contribution in [0, 0.1) is 34.5 Å². The predicted molar refractivity (Wildman–Crippen MR) is 162 cm³/mol. The fourth-order valence-corrected chi connectivity index (χ4v) is 9.78. The Morgan fingerprint density at radius 3 is 2.26 bits per heavy atom. The van der Waals surface area contributed by atoms with E-state index in [1.807, 2.05) is 41.4 Å². The lowest BCUT2D eigenvalue weighted by Crippen LogP contribution is -2.63. The summed E-state index contributed by atoms with van der Waals surface area (Å²) in [5.74, 6) is 1.05. The van der Waals surface area contributed by atoms with Gasteiger partial charge < -0.3 is 26.0 Å². The van der Waals surface area contributed by atoms with E-state index < -0.39 is 5.97 Å². The molecule has 3 heterocycles. The van der Waals surface area contributed by atoms with Crippen LogP contribution in [0.2, 0.25) is 0 Å². The van der Waals surface area contributed by atoms with Crippen LogP contribution in [0.15, 0.2) is 42.6 Å². The van der Waals surface area contributed by atoms with Crippen molar-refractivity contribution in [2.45, 2.75) is 57.4 Å². The molecule has 7 aliphatic rings. The summed E-state index contributed by atoms with van der Waals surface area (Å²) in [6, 6.07) is 12.2. The molecule has 6 fully saturated rings. The molecule has 3 amide bonds. The lowest BCUT2D eigenvalue weighted by atomic mass is 9.47. The van der Waals surface area contributed by atoms with E-state index in [9.17, 15) is 19.5 Å². The molecule has 4 N–H and O–H groups in total. The second-order valence-corrected chi connectivity index (χ2v) is 14.2. The highest BCUT2D eigenvalue weighted by Crippen LogP contribution is 2.61. The standard InChI is InChI=1S/C33H40N6O4/c34-30(42)33-15-20-13-21(16-33)28(22(14-20)17-33)36-31(43)39-12-11-38(25-3-1-2-4-26(25)39)27-6-5-23(19-35-27)37-9-7-32(8-10-37)18-24(32)29(40)41/h1-6,19-22,24,28H,7-18H2,(H2,34,42)(H,36,43)(H,40,41)/t20?,21?,22?,24?,28-,33+. The molecule has 3 unspecified atom stereocenters. The minimum absolute atomic E-state index is 0.00711. The van der Waals surface area contributed by atoms with Crippen LogP contribution in [-0.4, -0.2) is 60.2 Å². The maximum absolute atomic E-state index is 13.8. The molecule has 1 spiro atoms. The van der Waals surface area contributed by atoms with Crippen LogP contribution in [0.1, 0.15) is 51.4 Å². The molecule has 4 bridgehead atoms. The third-order valence-electron chi connectivity index (χ3n) is 12.0. The third kappa shape index (κ3) is 4.27. The summed E-state index contributed by atoms with van der Waals surface area (Å²) in [5, 5.41) is 12.8. The van der Waals surface area contributed by atoms with Gasteiger partial charge >= 0.3 is 12.0 Å². The Balaban J connectivity index is 0.952. The first kappa shape index (κ1) is 26.8. The van der Waals surface area contributed by atoms with Crippen molar-refractivity contribution in [1.29, 1.82) is 0 Å². The highest BCUT2D eigenvalue weighted by atomic mass is 16.4. The molecular formula is C33H40N6O4. The summed E-state index contributed by atoms with van der Waals surface area (Å²) >= 11 is 0. The highest BCUT2D eigenvalue weighted by Gasteiger charge is 2.59. The number of rotatable bonds is 5. The number of nitrogens with one attached hydrogen (secondary N) is 1. The number of carbonyl (C=O) groups is 3. The van der Waals surface area contributed by atoms with E-state index in [1.54, 1.807) is 0 Å². The average Bonchev–Trinajstić information content (AvgIpc) is 3.72. The normalized spacial score (nSPS) is 33.3. The van der Waals surface area contributed by atoms with Crippen LogP contribution >= 0.6 is 0 Å². The number of aromatic nitrogens is 1. The fourth-order valence-electron chi connectivity index (χ4n) is 9.78. The summed E-state index contributed by atoms with van der Waals surface area (Å²) in [5.41, 5.74) is 8.40. The maximum atomic E-state index is 13.8. The van der Waals surface area contributed by atoms with E-state index in [4.69, 9.17) is 10.7 Å². The molecule has 1 aromatic heterocycles. The van der Waals surface area contributed by atoms with Crippen LogP contribution < -0.4 is 25.8 Å². The number of primary amides is 1. The lowest BCUT2D eigenvalue weighted by molar-refractivity contribution is -0.145. The largest absolute Gasteiger partial charge is 0.481 e. The Morgan fingerprint density at radius 2 is 1.63 bits per heavy atom. The number of aliphatic carboxylic acids is 1. The van der Waals surface area contributed by atoms with Gasteiger partial charge in [-0.2, -0.15) is 0 Å². The van der Waals surface area contributed by atoms with E-state index in [-0.39, 0.29) is 34.7 Å². The third-order valence-corrected chi connectivity index (χ3v) is 12.0. The van der Waals surface area contributed by atoms with E-state index in [0.717, 1.165) is 87.3 Å². The number of nitrogens with zero attached hydrogens (tertiary/aromatic N) is 4. The average molecular weight is 585 g/mol. The van der Waals surface area contributed by atoms with E-state index in [1.165, 1.54) is 0 Å². The molecule has 5 saturated carbocycles. The smallest absolute Gasteiger partial charge is 0.322 e. The number of benzene rings is 1. The van der Waals surface area contributed by atoms with E-state index in [2.05, 4.69) is 21.2 Å². The number of nitrogens with two attached hydrogens (primary N) is 1. The number of carboxylic acid groups (broad SMARTS) is 1. The van der Waals surface area contributed by atoms with Crippen molar-refractivity contribution in [3.8, 4) is 0 Å². The minimum atomic E-state index is -0.650. The van der Waals surface area contributed by atoms with Crippen molar-refractivity contribution in [3.63, 3.8) is 0 Å². The molecule has 0 radical (unpaired) electrons. The number of pyridine rings is 1. The van der Waals surface area contributed by atoms with Crippen LogP contribution in [0.3, 0.4) is 0 Å². The zero-order chi connectivity index (χ0) is 29.5. The molecule has 2 aliphatic heterocycles. The van der Waals surface area contributed by atoms with Crippen molar-refractivity contribution in [2.24, 2.45) is 40.2 Å². The van der Waals surface area contributed by atoms with Gasteiger partial charge in [0.2, 0.25) is 5.91 Å². The van der Waals surface area contributed by atoms with Crippen molar-refractivity contribution < 1.29 is 19.5 Å². The second kappa shape index (κ2) is 9.59. The molecule has 43 heavy (non-hydrogen) atoms. The summed E-state index contributed by atoms with van der Waals surface area (Å²) < 4.78 is 0. The van der Waals surface area contributed by atoms with Crippen molar-refractivity contribution in [1.82, 2.24) is 10.3 Å². The Bertz CT molecular complexity index is 1450. The summed E-state index contributed by atoms with van der Waals surface area (Å²) in [4.78, 5) is 48.8. The fraction of sp³-hybridized carbons (Fsp3) is 0.576. The number of para-hydroxylation sites is 2. The topological polar surface area (TPSA) is 132 Å². The van der Waals surface area contributed by atoms with Gasteiger partial charge in [0.25, 0.3) is 0 Å². The zero-order valence-electron chi connectivity index (χ0n) is 24.5. The number of fused-ring (bicyclic) bond motifs is 1. The van der Waals surface area contributed by atoms with Crippen LogP contribution in [-0.2, 0) is 9.59 Å². The minimum Gasteiger partial charge on any atom is -0.481 e. The number of hydrogen-bond donors (Lipinski definition) is 3. The quantitative estimate of drug-likeness (QED) is 0.482. The molecule has 1 saturated heterocycles. The molecule has 10 nitrogen and oxygen atoms in total. The van der Waals surface area contributed by atoms with Gasteiger partial charge in [-0.05, 0) is 98.8 Å². The van der Waals surface area contributed by atoms with Crippen molar-refractivity contribution >= 4 is 40.8 Å². The lowest BCUT2D eigenvalue weighted by Gasteiger charge is -2.59. The van der Waals surface area contributed by atoms with Gasteiger partial charge in [-0.3, -0.25) is 14.5 Å². The van der Waals surface area contributed by atoms with Gasteiger partial charge in [-0.25, -0.2) is 9.78 Å². The van der Waals surface area contributed by atoms with Gasteiger partial charge in [0, 0.05) is 37.6 Å². The predicted octanol–water partition coefficient (Wildman–Crippen LogP) is 4.12. The highest BCUT2D eigenvalue weighted by molar-refractivity contribution is 5.98. The molecule has 3 atom stereocenters. The molecular weight excluding hydrogens is 544 g/mol. The number of urea groups is 1. The maximum Gasteiger partial charge on any atom is 0.322 e. The first-order chi connectivity index (χ1) is 20.8. The Hall–Kier alpha value is -3.82. The molecule has 226 valence electrons. The van der Waals surface area contributed by atoms with E-state index in [0.29, 0.717) is 30.8 Å². The van der Waals surface area contributed by atoms with Gasteiger partial charge in [-0.15, -0.1) is 0 Å². The van der Waals surface area contributed by atoms with Gasteiger partial charge in [0.15, 0.2) is 0 Å². The summed E-state index contributed by atoms with van der Waals surface area (Å²) in [6.45, 7) is 2.88. The monoisotopic (exact) mass is 584 g/mol. The Labute approximate surface area is 251 Å². The van der Waals surface area contributed by atoms with Crippen molar-refractivity contribution in [2.75, 3.05) is 40.9 Å². The Morgan fingerprint density at radius 1 is 0.907 bits per heavy atom. The zero-order valence-corrected chi connectivity index (χ0v) is 24.5. The number of piperidine rings is 1. The summed E-state index contributed by atoms with van der Waals surface area (Å²) in [7, 11) is 0. The molecule has 5 aliphatic carbocycles. The number of carbonyl (C=O) groups excluding carboxylic acids is 2. The molecule has 10 heteroatoms. The number of carboxylic acids is 1. The molecule has 9 rings (SSSR count). The number of amides is 3. The van der Waals surface area contributed by atoms with Crippen molar-refractivity contribution in [3.05, 3.63) is 42.6 Å². The van der Waals surface area contributed by atoms with Crippen LogP contribution in [0.4, 0.5) is 27.7 Å². The molecule has 1 aromatic carbocycles. The summed E-state index contributed by atoms with van der Waals surface area (Å²) in [6.07, 6.45) is 9.23. The second-order valence-electron chi connectivity index (χ2n) is 14.2. The van der Waals surface area contributed by atoms with Gasteiger partial charge in [0.1, 0.15) is 5.82 Å². The van der Waals surface area contributed by atoms with E-state index >= 15 is 0 Å². The van der Waals surface area contributed by atoms with Crippen LogP contribution in [0.5, 0.6) is 0 Å². The molecule has 2 aromatic rings. The SMILES string of the molecule is NC(=O)[C@]12CC3CC(C1)[C@H](NC(=O)N1CCN(c4ccc(N5CCC6(CC5)CC6C(=O)O)cn4)c4ccccc41)C(C3)C2. The number of anilines is 4. The van der Waals surface area contributed by atoms with Gasteiger partial charge in [0.05, 0.1) is 29.2 Å². The first-order valence-electron chi connectivity index (χ1n) is 15.9.